The van der Waals surface area contributed by atoms with Gasteiger partial charge < -0.3 is 0 Å². The van der Waals surface area contributed by atoms with Gasteiger partial charge in [0.05, 0.1) is 6.07 Å². The van der Waals surface area contributed by atoms with E-state index in [9.17, 15) is 4.79 Å². The average Bonchev–Trinajstić information content (AvgIpc) is 2.51. The fourth-order valence-corrected chi connectivity index (χ4v) is 3.34. The summed E-state index contributed by atoms with van der Waals surface area (Å²) >= 11 is 1.32. The first-order valence-electron chi connectivity index (χ1n) is 9.33. The van der Waals surface area contributed by atoms with Gasteiger partial charge in [-0.3, -0.25) is 4.79 Å². The van der Waals surface area contributed by atoms with Crippen LogP contribution in [0.1, 0.15) is 103 Å². The zero-order valence-corrected chi connectivity index (χ0v) is 15.4. The SMILES string of the molecule is CCCCCCCCCCCCCCCCSC(=O)CC#N. The Kier molecular flexibility index (Phi) is 18.1. The predicted molar refractivity (Wildman–Crippen MR) is 98.0 cm³/mol. The second kappa shape index (κ2) is 18.6. The second-order valence-corrected chi connectivity index (χ2v) is 7.30. The van der Waals surface area contributed by atoms with Crippen LogP contribution in [0.4, 0.5) is 0 Å². The van der Waals surface area contributed by atoms with Crippen LogP contribution in [-0.2, 0) is 4.79 Å². The number of hydrogen-bond donors (Lipinski definition) is 0. The first-order chi connectivity index (χ1) is 10.8. The van der Waals surface area contributed by atoms with Crippen molar-refractivity contribution in [3.8, 4) is 6.07 Å². The summed E-state index contributed by atoms with van der Waals surface area (Å²) in [6.45, 7) is 2.27. The predicted octanol–water partition coefficient (Wildman–Crippen LogP) is 6.64. The van der Waals surface area contributed by atoms with E-state index in [1.165, 1.54) is 95.2 Å². The molecule has 0 aliphatic carbocycles. The van der Waals surface area contributed by atoms with Gasteiger partial charge in [0.15, 0.2) is 0 Å². The molecule has 0 aliphatic heterocycles. The normalized spacial score (nSPS) is 10.5. The molecule has 0 unspecified atom stereocenters. The van der Waals surface area contributed by atoms with E-state index in [0.717, 1.165) is 12.2 Å². The average molecular weight is 326 g/mol. The number of carbonyl (C=O) groups is 1. The van der Waals surface area contributed by atoms with Crippen molar-refractivity contribution in [2.75, 3.05) is 5.75 Å². The van der Waals surface area contributed by atoms with E-state index in [0.29, 0.717) is 0 Å². The van der Waals surface area contributed by atoms with Crippen LogP contribution < -0.4 is 0 Å². The molecular weight excluding hydrogens is 290 g/mol. The van der Waals surface area contributed by atoms with E-state index in [4.69, 9.17) is 5.26 Å². The third-order valence-electron chi connectivity index (χ3n) is 3.98. The summed E-state index contributed by atoms with van der Waals surface area (Å²) in [4.78, 5) is 11.1. The zero-order valence-electron chi connectivity index (χ0n) is 14.6. The lowest BCUT2D eigenvalue weighted by Gasteiger charge is -2.03. The number of carbonyl (C=O) groups excluding carboxylic acids is 1. The van der Waals surface area contributed by atoms with Gasteiger partial charge in [-0.15, -0.1) is 0 Å². The summed E-state index contributed by atoms with van der Waals surface area (Å²) in [5, 5.41) is 8.40. The summed E-state index contributed by atoms with van der Waals surface area (Å²) in [6.07, 6.45) is 19.1. The fraction of sp³-hybridized carbons (Fsp3) is 0.895. The van der Waals surface area contributed by atoms with E-state index in [-0.39, 0.29) is 11.5 Å². The van der Waals surface area contributed by atoms with E-state index in [2.05, 4.69) is 6.92 Å². The third kappa shape index (κ3) is 17.6. The van der Waals surface area contributed by atoms with Crippen LogP contribution in [0.2, 0.25) is 0 Å². The van der Waals surface area contributed by atoms with Gasteiger partial charge in [-0.05, 0) is 6.42 Å². The molecule has 0 saturated heterocycles. The van der Waals surface area contributed by atoms with Crippen molar-refractivity contribution < 1.29 is 4.79 Å². The van der Waals surface area contributed by atoms with Crippen LogP contribution in [0.15, 0.2) is 0 Å². The summed E-state index contributed by atoms with van der Waals surface area (Å²) in [6, 6.07) is 1.90. The quantitative estimate of drug-likeness (QED) is 0.299. The van der Waals surface area contributed by atoms with Gasteiger partial charge in [-0.1, -0.05) is 102 Å². The monoisotopic (exact) mass is 325 g/mol. The van der Waals surface area contributed by atoms with Crippen LogP contribution in [-0.4, -0.2) is 10.9 Å². The highest BCUT2D eigenvalue weighted by atomic mass is 32.2. The summed E-state index contributed by atoms with van der Waals surface area (Å²) in [5.41, 5.74) is 0. The first kappa shape index (κ1) is 21.5. The Bertz CT molecular complexity index is 286. The highest BCUT2D eigenvalue weighted by molar-refractivity contribution is 8.13. The molecule has 0 radical (unpaired) electrons. The highest BCUT2D eigenvalue weighted by Crippen LogP contribution is 2.14. The third-order valence-corrected chi connectivity index (χ3v) is 4.94. The molecule has 0 aromatic carbocycles. The zero-order chi connectivity index (χ0) is 16.3. The lowest BCUT2D eigenvalue weighted by Crippen LogP contribution is -1.91. The molecule has 0 aliphatic rings. The van der Waals surface area contributed by atoms with Crippen molar-refractivity contribution in [1.29, 1.82) is 5.26 Å². The molecule has 0 fully saturated rings. The largest absolute Gasteiger partial charge is 0.286 e. The standard InChI is InChI=1S/C19H35NOS/c1-2-3-4-5-6-7-8-9-10-11-12-13-14-15-18-22-19(21)16-17-20/h2-16,18H2,1H3. The van der Waals surface area contributed by atoms with E-state index >= 15 is 0 Å². The van der Waals surface area contributed by atoms with Crippen molar-refractivity contribution in [1.82, 2.24) is 0 Å². The molecule has 22 heavy (non-hydrogen) atoms. The molecule has 0 atom stereocenters. The Morgan fingerprint density at radius 1 is 0.773 bits per heavy atom. The first-order valence-corrected chi connectivity index (χ1v) is 10.3. The number of nitrogens with zero attached hydrogens (tertiary/aromatic N) is 1. The van der Waals surface area contributed by atoms with Gasteiger partial charge in [0.2, 0.25) is 5.12 Å². The number of nitriles is 1. The molecule has 0 heterocycles. The second-order valence-electron chi connectivity index (χ2n) is 6.15. The smallest absolute Gasteiger partial charge is 0.202 e. The molecule has 0 saturated carbocycles. The molecule has 0 N–H and O–H groups in total. The van der Waals surface area contributed by atoms with Crippen LogP contribution in [0.5, 0.6) is 0 Å². The van der Waals surface area contributed by atoms with E-state index in [1.807, 2.05) is 6.07 Å². The van der Waals surface area contributed by atoms with Gasteiger partial charge in [-0.25, -0.2) is 0 Å². The van der Waals surface area contributed by atoms with Crippen molar-refractivity contribution in [2.24, 2.45) is 0 Å². The molecule has 0 amide bonds. The Balaban J connectivity index is 3.03. The summed E-state index contributed by atoms with van der Waals surface area (Å²) in [7, 11) is 0. The molecule has 0 spiro atoms. The van der Waals surface area contributed by atoms with Crippen molar-refractivity contribution >= 4 is 16.9 Å². The van der Waals surface area contributed by atoms with E-state index < -0.39 is 0 Å². The minimum atomic E-state index is 0.0252. The molecule has 128 valence electrons. The van der Waals surface area contributed by atoms with Crippen LogP contribution in [0.25, 0.3) is 0 Å². The Morgan fingerprint density at radius 2 is 1.18 bits per heavy atom. The number of unbranched alkanes of at least 4 members (excludes halogenated alkanes) is 13. The van der Waals surface area contributed by atoms with Crippen LogP contribution in [0.3, 0.4) is 0 Å². The fourth-order valence-electron chi connectivity index (χ4n) is 2.60. The van der Waals surface area contributed by atoms with E-state index in [1.54, 1.807) is 0 Å². The van der Waals surface area contributed by atoms with Crippen LogP contribution >= 0.6 is 11.8 Å². The molecular formula is C19H35NOS. The van der Waals surface area contributed by atoms with Gasteiger partial charge in [0, 0.05) is 5.75 Å². The maximum Gasteiger partial charge on any atom is 0.202 e. The number of rotatable bonds is 16. The number of thioether (sulfide) groups is 1. The van der Waals surface area contributed by atoms with Gasteiger partial charge in [0.1, 0.15) is 6.42 Å². The molecule has 0 aromatic heterocycles. The van der Waals surface area contributed by atoms with Crippen LogP contribution in [0, 0.1) is 11.3 Å². The highest BCUT2D eigenvalue weighted by Gasteiger charge is 2.00. The van der Waals surface area contributed by atoms with Crippen molar-refractivity contribution in [3.05, 3.63) is 0 Å². The minimum absolute atomic E-state index is 0.0252. The van der Waals surface area contributed by atoms with Crippen molar-refractivity contribution in [3.63, 3.8) is 0 Å². The molecule has 0 bridgehead atoms. The number of hydrogen-bond acceptors (Lipinski definition) is 3. The molecule has 0 aromatic rings. The summed E-state index contributed by atoms with van der Waals surface area (Å²) in [5.74, 6) is 0.887. The van der Waals surface area contributed by atoms with Gasteiger partial charge in [0.25, 0.3) is 0 Å². The lowest BCUT2D eigenvalue weighted by molar-refractivity contribution is -0.110. The lowest BCUT2D eigenvalue weighted by atomic mass is 10.0. The van der Waals surface area contributed by atoms with Gasteiger partial charge in [-0.2, -0.15) is 5.26 Å². The van der Waals surface area contributed by atoms with Crippen molar-refractivity contribution in [2.45, 2.75) is 103 Å². The van der Waals surface area contributed by atoms with Gasteiger partial charge >= 0.3 is 0 Å². The molecule has 2 nitrogen and oxygen atoms in total. The molecule has 0 rings (SSSR count). The summed E-state index contributed by atoms with van der Waals surface area (Å²) < 4.78 is 0. The topological polar surface area (TPSA) is 40.9 Å². The Labute approximate surface area is 142 Å². The maximum absolute atomic E-state index is 11.1. The minimum Gasteiger partial charge on any atom is -0.286 e. The Morgan fingerprint density at radius 3 is 1.59 bits per heavy atom. The maximum atomic E-state index is 11.1. The Hall–Kier alpha value is -0.490. The molecule has 3 heteroatoms.